The smallest absolute Gasteiger partial charge is 0.0895 e. The van der Waals surface area contributed by atoms with Crippen LogP contribution >= 0.6 is 38.3 Å². The summed E-state index contributed by atoms with van der Waals surface area (Å²) in [5, 5.41) is 0. The monoisotopic (exact) mass is 228 g/mol. The third-order valence-electron chi connectivity index (χ3n) is 2.01. The van der Waals surface area contributed by atoms with Crippen molar-refractivity contribution >= 4 is 38.3 Å². The molecule has 0 aromatic heterocycles. The van der Waals surface area contributed by atoms with Crippen LogP contribution in [0.3, 0.4) is 0 Å². The molecule has 0 bridgehead atoms. The Kier molecular flexibility index (Phi) is 4.13. The Labute approximate surface area is 81.3 Å². The SMILES string of the molecule is CC1=CCC(P)C(P(Cl)Cl)C1. The number of hydrogen-bond acceptors (Lipinski definition) is 0. The van der Waals surface area contributed by atoms with Crippen molar-refractivity contribution in [2.75, 3.05) is 0 Å². The van der Waals surface area contributed by atoms with Gasteiger partial charge in [0.2, 0.25) is 0 Å². The topological polar surface area (TPSA) is 0 Å². The van der Waals surface area contributed by atoms with Gasteiger partial charge >= 0.3 is 0 Å². The predicted molar refractivity (Wildman–Crippen MR) is 58.9 cm³/mol. The van der Waals surface area contributed by atoms with Crippen molar-refractivity contribution in [2.24, 2.45) is 0 Å². The molecule has 0 amide bonds. The van der Waals surface area contributed by atoms with Gasteiger partial charge in [0.25, 0.3) is 0 Å². The number of rotatable bonds is 1. The Bertz CT molecular complexity index is 168. The molecule has 0 saturated carbocycles. The van der Waals surface area contributed by atoms with E-state index >= 15 is 0 Å². The van der Waals surface area contributed by atoms with Gasteiger partial charge in [0.15, 0.2) is 0 Å². The number of hydrogen-bond donors (Lipinski definition) is 0. The molecule has 3 unspecified atom stereocenters. The third-order valence-corrected chi connectivity index (χ3v) is 5.65. The van der Waals surface area contributed by atoms with Crippen LogP contribution < -0.4 is 0 Å². The van der Waals surface area contributed by atoms with E-state index in [0.717, 1.165) is 12.8 Å². The molecule has 0 radical (unpaired) electrons. The van der Waals surface area contributed by atoms with Gasteiger partial charge in [-0.2, -0.15) is 0 Å². The summed E-state index contributed by atoms with van der Waals surface area (Å²) in [5.74, 6) is 0. The fraction of sp³-hybridized carbons (Fsp3) is 0.714. The zero-order valence-electron chi connectivity index (χ0n) is 6.43. The van der Waals surface area contributed by atoms with Gasteiger partial charge in [-0.05, 0) is 25.4 Å². The van der Waals surface area contributed by atoms with E-state index in [1.165, 1.54) is 5.57 Å². The van der Waals surface area contributed by atoms with Crippen molar-refractivity contribution in [1.82, 2.24) is 0 Å². The van der Waals surface area contributed by atoms with Crippen LogP contribution in [0.15, 0.2) is 11.6 Å². The first kappa shape index (κ1) is 10.3. The molecule has 0 spiro atoms. The van der Waals surface area contributed by atoms with Crippen molar-refractivity contribution in [2.45, 2.75) is 31.1 Å². The van der Waals surface area contributed by atoms with E-state index in [0.29, 0.717) is 11.3 Å². The second-order valence-corrected chi connectivity index (χ2v) is 7.72. The Hall–Kier alpha value is 1.18. The van der Waals surface area contributed by atoms with Crippen LogP contribution in [0, 0.1) is 0 Å². The van der Waals surface area contributed by atoms with Crippen molar-refractivity contribution in [1.29, 1.82) is 0 Å². The standard InChI is InChI=1S/C7H12Cl2P2/c1-5-2-3-6(10)7(4-5)11(8)9/h2,6-7H,3-4,10H2,1H3. The molecular formula is C7H12Cl2P2. The molecule has 0 saturated heterocycles. The minimum absolute atomic E-state index is 0.489. The van der Waals surface area contributed by atoms with Gasteiger partial charge in [0.05, 0.1) is 6.63 Å². The highest BCUT2D eigenvalue weighted by Crippen LogP contribution is 2.57. The lowest BCUT2D eigenvalue weighted by molar-refractivity contribution is 0.733. The maximum Gasteiger partial charge on any atom is 0.0895 e. The minimum atomic E-state index is -0.802. The van der Waals surface area contributed by atoms with Gasteiger partial charge in [0, 0.05) is 5.66 Å². The maximum absolute atomic E-state index is 5.91. The molecule has 0 nitrogen and oxygen atoms in total. The Balaban J connectivity index is 2.60. The van der Waals surface area contributed by atoms with E-state index in [4.69, 9.17) is 22.5 Å². The van der Waals surface area contributed by atoms with Crippen LogP contribution in [-0.2, 0) is 0 Å². The fourth-order valence-corrected chi connectivity index (χ4v) is 4.84. The summed E-state index contributed by atoms with van der Waals surface area (Å²) < 4.78 is 0. The molecule has 0 heterocycles. The average molecular weight is 229 g/mol. The van der Waals surface area contributed by atoms with E-state index < -0.39 is 6.63 Å². The lowest BCUT2D eigenvalue weighted by Gasteiger charge is -2.27. The normalized spacial score (nSPS) is 32.3. The van der Waals surface area contributed by atoms with Crippen LogP contribution in [0.25, 0.3) is 0 Å². The van der Waals surface area contributed by atoms with Crippen LogP contribution in [0.2, 0.25) is 0 Å². The first-order chi connectivity index (χ1) is 5.11. The number of halogens is 2. The summed E-state index contributed by atoms with van der Waals surface area (Å²) in [6.45, 7) is 1.35. The molecule has 1 aliphatic carbocycles. The Morgan fingerprint density at radius 1 is 1.64 bits per heavy atom. The van der Waals surface area contributed by atoms with Crippen LogP contribution in [-0.4, -0.2) is 11.3 Å². The molecule has 3 atom stereocenters. The quantitative estimate of drug-likeness (QED) is 0.468. The highest BCUT2D eigenvalue weighted by Gasteiger charge is 2.26. The van der Waals surface area contributed by atoms with Gasteiger partial charge < -0.3 is 0 Å². The molecule has 0 fully saturated rings. The van der Waals surface area contributed by atoms with Gasteiger partial charge in [-0.1, -0.05) is 34.1 Å². The van der Waals surface area contributed by atoms with Crippen LogP contribution in [0.5, 0.6) is 0 Å². The predicted octanol–water partition coefficient (Wildman–Crippen LogP) is 4.13. The summed E-state index contributed by atoms with van der Waals surface area (Å²) >= 11 is 11.8. The van der Waals surface area contributed by atoms with Crippen LogP contribution in [0.4, 0.5) is 0 Å². The highest BCUT2D eigenvalue weighted by atomic mass is 35.9. The van der Waals surface area contributed by atoms with Crippen molar-refractivity contribution in [3.63, 3.8) is 0 Å². The molecule has 0 aromatic rings. The Morgan fingerprint density at radius 2 is 2.27 bits per heavy atom. The summed E-state index contributed by atoms with van der Waals surface area (Å²) in [6, 6.07) is 0. The summed E-state index contributed by atoms with van der Waals surface area (Å²) in [7, 11) is 2.83. The molecule has 0 aromatic carbocycles. The van der Waals surface area contributed by atoms with E-state index in [-0.39, 0.29) is 0 Å². The first-order valence-electron chi connectivity index (χ1n) is 3.63. The fourth-order valence-electron chi connectivity index (χ4n) is 1.27. The molecule has 1 aliphatic rings. The van der Waals surface area contributed by atoms with Crippen molar-refractivity contribution in [3.05, 3.63) is 11.6 Å². The molecule has 0 aliphatic heterocycles. The van der Waals surface area contributed by atoms with Gasteiger partial charge in [-0.25, -0.2) is 0 Å². The van der Waals surface area contributed by atoms with E-state index in [1.807, 2.05) is 0 Å². The zero-order chi connectivity index (χ0) is 8.43. The lowest BCUT2D eigenvalue weighted by Crippen LogP contribution is -2.19. The van der Waals surface area contributed by atoms with Gasteiger partial charge in [-0.3, -0.25) is 0 Å². The summed E-state index contributed by atoms with van der Waals surface area (Å²) in [4.78, 5) is 0. The molecule has 1 rings (SSSR count). The number of allylic oxidation sites excluding steroid dienone is 2. The van der Waals surface area contributed by atoms with E-state index in [2.05, 4.69) is 22.2 Å². The van der Waals surface area contributed by atoms with E-state index in [1.54, 1.807) is 0 Å². The molecule has 0 N–H and O–H groups in total. The van der Waals surface area contributed by atoms with E-state index in [9.17, 15) is 0 Å². The average Bonchev–Trinajstić information content (AvgIpc) is 1.94. The lowest BCUT2D eigenvalue weighted by atomic mass is 10.00. The van der Waals surface area contributed by atoms with Crippen molar-refractivity contribution < 1.29 is 0 Å². The molecule has 4 heteroatoms. The second kappa shape index (κ2) is 4.43. The largest absolute Gasteiger partial charge is 0.133 e. The second-order valence-electron chi connectivity index (χ2n) is 2.98. The molecule has 11 heavy (non-hydrogen) atoms. The Morgan fingerprint density at radius 3 is 2.73 bits per heavy atom. The summed E-state index contributed by atoms with van der Waals surface area (Å²) in [5.41, 5.74) is 2.51. The van der Waals surface area contributed by atoms with Crippen molar-refractivity contribution in [3.8, 4) is 0 Å². The van der Waals surface area contributed by atoms with Gasteiger partial charge in [-0.15, -0.1) is 9.24 Å². The zero-order valence-corrected chi connectivity index (χ0v) is 9.99. The maximum atomic E-state index is 5.91. The van der Waals surface area contributed by atoms with Gasteiger partial charge in [0.1, 0.15) is 0 Å². The molecule has 64 valence electrons. The first-order valence-corrected chi connectivity index (χ1v) is 7.52. The van der Waals surface area contributed by atoms with Crippen LogP contribution in [0.1, 0.15) is 19.8 Å². The summed E-state index contributed by atoms with van der Waals surface area (Å²) in [6.07, 6.45) is 4.47. The highest BCUT2D eigenvalue weighted by molar-refractivity contribution is 8.04. The molecular weight excluding hydrogens is 217 g/mol. The third kappa shape index (κ3) is 2.85. The minimum Gasteiger partial charge on any atom is -0.133 e.